The minimum Gasteiger partial charge on any atom is -0.461 e. The van der Waals surface area contributed by atoms with Crippen molar-refractivity contribution >= 4 is 91.8 Å². The summed E-state index contributed by atoms with van der Waals surface area (Å²) < 4.78 is 86.0. The third-order valence-corrected chi connectivity index (χ3v) is 22.7. The molecule has 0 aliphatic carbocycles. The molecular formula is C74H98N12O13S3. The number of aromatic nitrogens is 9. The fraction of sp³-hybridized carbons (Fsp3) is 0.486. The summed E-state index contributed by atoms with van der Waals surface area (Å²) >= 11 is 0. The van der Waals surface area contributed by atoms with E-state index in [4.69, 9.17) is 14.7 Å². The Kier molecular flexibility index (Phi) is 22.2. The fourth-order valence-corrected chi connectivity index (χ4v) is 17.5. The van der Waals surface area contributed by atoms with Crippen molar-refractivity contribution < 1.29 is 60.0 Å². The second-order valence-electron chi connectivity index (χ2n) is 29.0. The Bertz CT molecular complexity index is 4880. The van der Waals surface area contributed by atoms with E-state index in [0.717, 1.165) is 67.4 Å². The number of carbonyl (C=O) groups is 2. The number of ketones is 1. The van der Waals surface area contributed by atoms with Crippen molar-refractivity contribution in [1.82, 2.24) is 43.6 Å². The van der Waals surface area contributed by atoms with Gasteiger partial charge < -0.3 is 53.6 Å². The summed E-state index contributed by atoms with van der Waals surface area (Å²) in [7, 11) is -10.5. The van der Waals surface area contributed by atoms with Crippen molar-refractivity contribution in [1.29, 1.82) is 0 Å². The van der Waals surface area contributed by atoms with Crippen LogP contribution in [0.15, 0.2) is 87.9 Å². The van der Waals surface area contributed by atoms with Gasteiger partial charge in [0.05, 0.1) is 68.5 Å². The van der Waals surface area contributed by atoms with Gasteiger partial charge in [-0.25, -0.2) is 55.2 Å². The quantitative estimate of drug-likeness (QED) is 0.0516. The molecule has 102 heavy (non-hydrogen) atoms. The van der Waals surface area contributed by atoms with Gasteiger partial charge in [0.15, 0.2) is 35.3 Å². The molecule has 0 fully saturated rings. The lowest BCUT2D eigenvalue weighted by Crippen LogP contribution is -2.41. The van der Waals surface area contributed by atoms with Gasteiger partial charge in [-0.3, -0.25) is 9.59 Å². The number of ether oxygens (including phenoxy) is 1. The average Bonchev–Trinajstić information content (AvgIpc) is 1.57. The van der Waals surface area contributed by atoms with Crippen LogP contribution in [0.4, 0.5) is 17.8 Å². The average molecular weight is 1460 g/mol. The number of nitrogens with zero attached hydrogens (tertiary/aromatic N) is 12. The molecule has 4 N–H and O–H groups in total. The molecule has 3 atom stereocenters. The SMILES string of the molecule is C.CC(=O)OCc1cc2cc3n(c2cc1S(C)(=O)=O)CCN(c1ncc(C(C)=O)c(C)n1)[C@@H]3C(C)C.Cc1nc(N2CCn3c(cc4cc(CO)c(S(C)(=O)=O)cc43)[C@@H]2C(C)C)ncc1C(C)(C)O.Cc1nc(N2CCn3c(cc4cc(CO)c(S(C)(=O)=O)cc43)[C@H]2C(C)C)ncc1C(C)(C)O. The molecular weight excluding hydrogens is 1360 g/mol. The number of anilines is 3. The molecule has 12 rings (SSSR count). The Hall–Kier alpha value is -8.25. The number of Topliss-reactive ketones (excluding diaryl/α,β-unsaturated/α-hetero) is 1. The summed E-state index contributed by atoms with van der Waals surface area (Å²) in [6.45, 7) is 31.2. The Morgan fingerprint density at radius 3 is 1.06 bits per heavy atom. The maximum Gasteiger partial charge on any atom is 0.302 e. The van der Waals surface area contributed by atoms with Crippen LogP contribution >= 0.6 is 0 Å². The molecule has 0 amide bonds. The lowest BCUT2D eigenvalue weighted by atomic mass is 9.97. The van der Waals surface area contributed by atoms with Crippen molar-refractivity contribution in [2.75, 3.05) is 53.1 Å². The first-order valence-electron chi connectivity index (χ1n) is 33.7. The summed E-state index contributed by atoms with van der Waals surface area (Å²) in [5, 5.41) is 43.0. The van der Waals surface area contributed by atoms with Crippen LogP contribution in [0, 0.1) is 38.5 Å². The minimum absolute atomic E-state index is 0. The monoisotopic (exact) mass is 1460 g/mol. The first-order valence-corrected chi connectivity index (χ1v) is 39.4. The van der Waals surface area contributed by atoms with Gasteiger partial charge >= 0.3 is 5.97 Å². The van der Waals surface area contributed by atoms with Crippen molar-refractivity contribution in [2.45, 2.75) is 195 Å². The molecule has 9 heterocycles. The molecule has 0 radical (unpaired) electrons. The zero-order chi connectivity index (χ0) is 74.2. The predicted octanol–water partition coefficient (Wildman–Crippen LogP) is 10.4. The van der Waals surface area contributed by atoms with Crippen LogP contribution in [0.1, 0.15) is 181 Å². The number of sulfone groups is 3. The normalized spacial score (nSPS) is 16.6. The molecule has 3 aliphatic heterocycles. The Morgan fingerprint density at radius 1 is 0.490 bits per heavy atom. The van der Waals surface area contributed by atoms with E-state index in [1.165, 1.54) is 26.4 Å². The molecule has 0 saturated carbocycles. The molecule has 0 bridgehead atoms. The highest BCUT2D eigenvalue weighted by Crippen LogP contribution is 2.44. The van der Waals surface area contributed by atoms with Crippen LogP contribution < -0.4 is 14.7 Å². The van der Waals surface area contributed by atoms with Crippen LogP contribution in [0.2, 0.25) is 0 Å². The first kappa shape index (κ1) is 77.9. The van der Waals surface area contributed by atoms with Crippen molar-refractivity contribution in [3.63, 3.8) is 0 Å². The smallest absolute Gasteiger partial charge is 0.302 e. The van der Waals surface area contributed by atoms with Gasteiger partial charge in [-0.05, 0) is 139 Å². The van der Waals surface area contributed by atoms with Gasteiger partial charge in [0, 0.05) is 161 Å². The standard InChI is InChI=1S/C25H30N4O5S.2C24H32N4O4S.CH4/c1-14(2)24-22-10-18-9-19(13-34-17(5)31)23(35(6,32)33)11-21(18)28(22)7-8-29(24)25-26-12-20(16(4)30)15(3)27-25;2*1-14(2)22-20-10-16-9-17(13-29)21(33(6,31)32)11-19(16)27(20)7-8-28(22)23-25-12-18(15(3)26-23)24(4,5)30;/h9-12,14,24H,7-8,13H2,1-6H3;2*9-12,14,22,29-30H,7-8,13H2,1-6H3;1H4/t24-;2*22-;/m110./s1. The molecule has 6 aromatic heterocycles. The van der Waals surface area contributed by atoms with Crippen molar-refractivity contribution in [2.24, 2.45) is 17.8 Å². The van der Waals surface area contributed by atoms with Gasteiger partial charge in [-0.2, -0.15) is 0 Å². The number of esters is 1. The number of rotatable bonds is 16. The zero-order valence-corrected chi connectivity index (χ0v) is 63.3. The van der Waals surface area contributed by atoms with E-state index < -0.39 is 46.7 Å². The zero-order valence-electron chi connectivity index (χ0n) is 60.8. The number of hydrogen-bond acceptors (Lipinski definition) is 22. The number of aryl methyl sites for hydroxylation is 3. The number of hydrogen-bond donors (Lipinski definition) is 4. The lowest BCUT2D eigenvalue weighted by Gasteiger charge is -2.39. The summed E-state index contributed by atoms with van der Waals surface area (Å²) in [6.07, 6.45) is 8.48. The largest absolute Gasteiger partial charge is 0.461 e. The minimum atomic E-state index is -3.54. The molecule has 3 aromatic carbocycles. The Labute approximate surface area is 598 Å². The van der Waals surface area contributed by atoms with E-state index in [2.05, 4.69) is 108 Å². The van der Waals surface area contributed by atoms with Crippen LogP contribution in [-0.2, 0) is 89.7 Å². The lowest BCUT2D eigenvalue weighted by molar-refractivity contribution is -0.142. The second-order valence-corrected chi connectivity index (χ2v) is 34.9. The molecule has 25 nitrogen and oxygen atoms in total. The van der Waals surface area contributed by atoms with Crippen molar-refractivity contribution in [3.8, 4) is 0 Å². The highest BCUT2D eigenvalue weighted by atomic mass is 32.2. The summed E-state index contributed by atoms with van der Waals surface area (Å²) in [6, 6.07) is 16.5. The maximum absolute atomic E-state index is 12.6. The molecule has 3 aliphatic rings. The molecule has 9 aromatic rings. The van der Waals surface area contributed by atoms with Crippen LogP contribution in [0.3, 0.4) is 0 Å². The van der Waals surface area contributed by atoms with E-state index in [1.54, 1.807) is 82.7 Å². The molecule has 0 spiro atoms. The van der Waals surface area contributed by atoms with Gasteiger partial charge in [-0.15, -0.1) is 0 Å². The van der Waals surface area contributed by atoms with Crippen LogP contribution in [0.5, 0.6) is 0 Å². The number of fused-ring (bicyclic) bond motifs is 9. The number of aliphatic hydroxyl groups excluding tert-OH is 2. The third-order valence-electron chi connectivity index (χ3n) is 19.2. The highest BCUT2D eigenvalue weighted by Gasteiger charge is 2.38. The highest BCUT2D eigenvalue weighted by molar-refractivity contribution is 7.91. The Morgan fingerprint density at radius 2 is 0.794 bits per heavy atom. The van der Waals surface area contributed by atoms with E-state index >= 15 is 0 Å². The van der Waals surface area contributed by atoms with E-state index in [9.17, 15) is 55.3 Å². The van der Waals surface area contributed by atoms with E-state index in [1.807, 2.05) is 20.8 Å². The maximum atomic E-state index is 12.6. The molecule has 28 heteroatoms. The third kappa shape index (κ3) is 15.5. The van der Waals surface area contributed by atoms with E-state index in [0.29, 0.717) is 96.2 Å². The van der Waals surface area contributed by atoms with Crippen LogP contribution in [-0.4, -0.2) is 139 Å². The fourth-order valence-electron chi connectivity index (χ4n) is 14.8. The summed E-state index contributed by atoms with van der Waals surface area (Å²) in [5.41, 5.74) is 8.94. The first-order chi connectivity index (χ1) is 47.0. The topological polar surface area (TPSA) is 329 Å². The molecule has 0 saturated heterocycles. The Balaban J connectivity index is 0.000000177. The summed E-state index contributed by atoms with van der Waals surface area (Å²) in [5.74, 6) is 1.92. The molecule has 0 unspecified atom stereocenters. The van der Waals surface area contributed by atoms with Gasteiger partial charge in [0.2, 0.25) is 17.8 Å². The number of carbonyl (C=O) groups excluding carboxylic acids is 2. The number of benzene rings is 3. The van der Waals surface area contributed by atoms with Gasteiger partial charge in [-0.1, -0.05) is 49.0 Å². The van der Waals surface area contributed by atoms with Gasteiger partial charge in [0.25, 0.3) is 0 Å². The summed E-state index contributed by atoms with van der Waals surface area (Å²) in [4.78, 5) is 58.0. The predicted molar refractivity (Wildman–Crippen MR) is 395 cm³/mol. The second kappa shape index (κ2) is 29.1. The number of aliphatic hydroxyl groups is 4. The van der Waals surface area contributed by atoms with Crippen LogP contribution in [0.25, 0.3) is 32.7 Å². The van der Waals surface area contributed by atoms with Crippen molar-refractivity contribution in [3.05, 3.63) is 141 Å². The van der Waals surface area contributed by atoms with E-state index in [-0.39, 0.29) is 83.6 Å². The molecule has 550 valence electrons. The van der Waals surface area contributed by atoms with Gasteiger partial charge in [0.1, 0.15) is 6.61 Å².